The standard InChI is InChI=1S/C11H17NS/c1-8-5-6-9(11(2,3)12)7-10(8)13-4/h5-7H,12H2,1-4H3. The molecular weight excluding hydrogens is 178 g/mol. The van der Waals surface area contributed by atoms with Crippen LogP contribution in [0.15, 0.2) is 23.1 Å². The second-order valence-electron chi connectivity index (χ2n) is 3.91. The molecule has 0 bridgehead atoms. The first-order valence-corrected chi connectivity index (χ1v) is 5.61. The number of aryl methyl sites for hydroxylation is 1. The molecule has 2 heteroatoms. The molecule has 0 aliphatic carbocycles. The van der Waals surface area contributed by atoms with Crippen LogP contribution in [-0.2, 0) is 5.54 Å². The first-order chi connectivity index (χ1) is 5.95. The molecule has 0 aliphatic heterocycles. The first-order valence-electron chi connectivity index (χ1n) is 4.39. The molecule has 1 aromatic rings. The van der Waals surface area contributed by atoms with E-state index in [1.54, 1.807) is 11.8 Å². The molecule has 2 N–H and O–H groups in total. The molecule has 1 aromatic carbocycles. The second-order valence-corrected chi connectivity index (χ2v) is 4.75. The van der Waals surface area contributed by atoms with E-state index in [1.165, 1.54) is 16.0 Å². The fourth-order valence-electron chi connectivity index (χ4n) is 1.22. The Labute approximate surface area is 84.7 Å². The summed E-state index contributed by atoms with van der Waals surface area (Å²) in [5.41, 5.74) is 8.30. The van der Waals surface area contributed by atoms with E-state index in [0.717, 1.165) is 0 Å². The SMILES string of the molecule is CSc1cc(C(C)(C)N)ccc1C. The van der Waals surface area contributed by atoms with Crippen molar-refractivity contribution in [2.24, 2.45) is 5.73 Å². The molecule has 0 saturated heterocycles. The third-order valence-electron chi connectivity index (χ3n) is 2.15. The lowest BCUT2D eigenvalue weighted by Gasteiger charge is -2.20. The minimum Gasteiger partial charge on any atom is -0.322 e. The minimum absolute atomic E-state index is 0.238. The van der Waals surface area contributed by atoms with E-state index < -0.39 is 0 Å². The Morgan fingerprint density at radius 1 is 1.31 bits per heavy atom. The summed E-state index contributed by atoms with van der Waals surface area (Å²) < 4.78 is 0. The molecule has 0 aliphatic rings. The van der Waals surface area contributed by atoms with Crippen molar-refractivity contribution in [3.05, 3.63) is 29.3 Å². The van der Waals surface area contributed by atoms with Crippen molar-refractivity contribution in [2.75, 3.05) is 6.26 Å². The summed E-state index contributed by atoms with van der Waals surface area (Å²) in [6.45, 7) is 6.18. The van der Waals surface area contributed by atoms with Gasteiger partial charge < -0.3 is 5.73 Å². The Kier molecular flexibility index (Phi) is 3.04. The van der Waals surface area contributed by atoms with Crippen LogP contribution in [0.25, 0.3) is 0 Å². The smallest absolute Gasteiger partial charge is 0.0352 e. The van der Waals surface area contributed by atoms with Gasteiger partial charge in [0, 0.05) is 10.4 Å². The number of hydrogen-bond acceptors (Lipinski definition) is 2. The molecule has 72 valence electrons. The lowest BCUT2D eigenvalue weighted by Crippen LogP contribution is -2.28. The lowest BCUT2D eigenvalue weighted by atomic mass is 9.95. The third kappa shape index (κ3) is 2.48. The van der Waals surface area contributed by atoms with Crippen LogP contribution in [0.4, 0.5) is 0 Å². The zero-order valence-corrected chi connectivity index (χ0v) is 9.53. The molecule has 13 heavy (non-hydrogen) atoms. The van der Waals surface area contributed by atoms with Gasteiger partial charge in [0.2, 0.25) is 0 Å². The molecule has 0 unspecified atom stereocenters. The van der Waals surface area contributed by atoms with Gasteiger partial charge in [-0.15, -0.1) is 11.8 Å². The molecule has 1 nitrogen and oxygen atoms in total. The van der Waals surface area contributed by atoms with Gasteiger partial charge in [-0.3, -0.25) is 0 Å². The minimum atomic E-state index is -0.238. The molecular formula is C11H17NS. The van der Waals surface area contributed by atoms with Crippen LogP contribution in [0.3, 0.4) is 0 Å². The topological polar surface area (TPSA) is 26.0 Å². The average molecular weight is 195 g/mol. The second kappa shape index (κ2) is 3.72. The maximum atomic E-state index is 6.02. The van der Waals surface area contributed by atoms with Crippen molar-refractivity contribution in [3.63, 3.8) is 0 Å². The van der Waals surface area contributed by atoms with Crippen molar-refractivity contribution >= 4 is 11.8 Å². The van der Waals surface area contributed by atoms with Gasteiger partial charge in [0.25, 0.3) is 0 Å². The van der Waals surface area contributed by atoms with Gasteiger partial charge in [0.05, 0.1) is 0 Å². The van der Waals surface area contributed by atoms with Crippen LogP contribution in [0, 0.1) is 6.92 Å². The summed E-state index contributed by atoms with van der Waals surface area (Å²) in [4.78, 5) is 1.32. The Morgan fingerprint density at radius 3 is 2.38 bits per heavy atom. The Bertz CT molecular complexity index is 299. The normalized spacial score (nSPS) is 11.8. The van der Waals surface area contributed by atoms with Crippen molar-refractivity contribution in [2.45, 2.75) is 31.2 Å². The summed E-state index contributed by atoms with van der Waals surface area (Å²) in [6.07, 6.45) is 2.09. The highest BCUT2D eigenvalue weighted by Crippen LogP contribution is 2.25. The summed E-state index contributed by atoms with van der Waals surface area (Å²) >= 11 is 1.77. The van der Waals surface area contributed by atoms with E-state index in [2.05, 4.69) is 31.4 Å². The average Bonchev–Trinajstić information content (AvgIpc) is 2.03. The molecule has 0 amide bonds. The number of hydrogen-bond donors (Lipinski definition) is 1. The van der Waals surface area contributed by atoms with Gasteiger partial charge in [-0.05, 0) is 44.2 Å². The number of thioether (sulfide) groups is 1. The number of benzene rings is 1. The maximum absolute atomic E-state index is 6.02. The predicted molar refractivity (Wildman–Crippen MR) is 60.2 cm³/mol. The van der Waals surface area contributed by atoms with E-state index in [4.69, 9.17) is 5.73 Å². The van der Waals surface area contributed by atoms with E-state index in [0.29, 0.717) is 0 Å². The van der Waals surface area contributed by atoms with Crippen molar-refractivity contribution in [3.8, 4) is 0 Å². The third-order valence-corrected chi connectivity index (χ3v) is 3.03. The van der Waals surface area contributed by atoms with Crippen LogP contribution in [-0.4, -0.2) is 6.26 Å². The number of rotatable bonds is 2. The van der Waals surface area contributed by atoms with Crippen molar-refractivity contribution in [1.82, 2.24) is 0 Å². The first kappa shape index (κ1) is 10.6. The van der Waals surface area contributed by atoms with Gasteiger partial charge >= 0.3 is 0 Å². The molecule has 0 aromatic heterocycles. The van der Waals surface area contributed by atoms with Crippen LogP contribution in [0.1, 0.15) is 25.0 Å². The van der Waals surface area contributed by atoms with Gasteiger partial charge in [0.1, 0.15) is 0 Å². The Hall–Kier alpha value is -0.470. The Morgan fingerprint density at radius 2 is 1.92 bits per heavy atom. The lowest BCUT2D eigenvalue weighted by molar-refractivity contribution is 0.553. The number of nitrogens with two attached hydrogens (primary N) is 1. The summed E-state index contributed by atoms with van der Waals surface area (Å²) in [6, 6.07) is 6.42. The highest BCUT2D eigenvalue weighted by Gasteiger charge is 2.14. The Balaban J connectivity index is 3.14. The van der Waals surface area contributed by atoms with E-state index in [1.807, 2.05) is 13.8 Å². The van der Waals surface area contributed by atoms with Gasteiger partial charge in [0.15, 0.2) is 0 Å². The van der Waals surface area contributed by atoms with Crippen LogP contribution in [0.2, 0.25) is 0 Å². The quantitative estimate of drug-likeness (QED) is 0.734. The highest BCUT2D eigenvalue weighted by molar-refractivity contribution is 7.98. The maximum Gasteiger partial charge on any atom is 0.0352 e. The van der Waals surface area contributed by atoms with E-state index in [-0.39, 0.29) is 5.54 Å². The van der Waals surface area contributed by atoms with Gasteiger partial charge in [-0.25, -0.2) is 0 Å². The zero-order chi connectivity index (χ0) is 10.1. The van der Waals surface area contributed by atoms with Gasteiger partial charge in [-0.1, -0.05) is 12.1 Å². The highest BCUT2D eigenvalue weighted by atomic mass is 32.2. The van der Waals surface area contributed by atoms with E-state index >= 15 is 0 Å². The fourth-order valence-corrected chi connectivity index (χ4v) is 1.86. The van der Waals surface area contributed by atoms with Crippen LogP contribution in [0.5, 0.6) is 0 Å². The zero-order valence-electron chi connectivity index (χ0n) is 8.72. The van der Waals surface area contributed by atoms with Crippen molar-refractivity contribution < 1.29 is 0 Å². The molecule has 0 saturated carbocycles. The fraction of sp³-hybridized carbons (Fsp3) is 0.455. The van der Waals surface area contributed by atoms with E-state index in [9.17, 15) is 0 Å². The van der Waals surface area contributed by atoms with Crippen molar-refractivity contribution in [1.29, 1.82) is 0 Å². The molecule has 1 rings (SSSR count). The molecule has 0 heterocycles. The van der Waals surface area contributed by atoms with Crippen LogP contribution >= 0.6 is 11.8 Å². The largest absolute Gasteiger partial charge is 0.322 e. The summed E-state index contributed by atoms with van der Waals surface area (Å²) in [5, 5.41) is 0. The summed E-state index contributed by atoms with van der Waals surface area (Å²) in [5.74, 6) is 0. The molecule has 0 fully saturated rings. The van der Waals surface area contributed by atoms with Crippen LogP contribution < -0.4 is 5.73 Å². The molecule has 0 atom stereocenters. The molecule has 0 radical (unpaired) electrons. The summed E-state index contributed by atoms with van der Waals surface area (Å²) in [7, 11) is 0. The molecule has 0 spiro atoms. The monoisotopic (exact) mass is 195 g/mol. The van der Waals surface area contributed by atoms with Gasteiger partial charge in [-0.2, -0.15) is 0 Å². The predicted octanol–water partition coefficient (Wildman–Crippen LogP) is 2.91.